The molecule has 14 heavy (non-hydrogen) atoms. The molecule has 0 bridgehead atoms. The van der Waals surface area contributed by atoms with E-state index in [9.17, 15) is 0 Å². The summed E-state index contributed by atoms with van der Waals surface area (Å²) < 4.78 is 5.36. The predicted octanol–water partition coefficient (Wildman–Crippen LogP) is 2.65. The summed E-state index contributed by atoms with van der Waals surface area (Å²) in [6.07, 6.45) is 3.90. The summed E-state index contributed by atoms with van der Waals surface area (Å²) in [5.41, 5.74) is 1.71. The van der Waals surface area contributed by atoms with Crippen LogP contribution in [0.15, 0.2) is 36.4 Å². The third-order valence-electron chi connectivity index (χ3n) is 1.77. The van der Waals surface area contributed by atoms with Gasteiger partial charge in [0, 0.05) is 0 Å². The largest absolute Gasteiger partial charge is 0.373 e. The van der Waals surface area contributed by atoms with E-state index >= 15 is 0 Å². The Balaban J connectivity index is 2.47. The lowest BCUT2D eigenvalue weighted by molar-refractivity contribution is 0.148. The molecule has 1 aromatic carbocycles. The number of allylic oxidation sites excluding steroid dienone is 1. The number of nitrogens with zero attached hydrogens (tertiary/aromatic N) is 1. The fourth-order valence-electron chi connectivity index (χ4n) is 1.07. The molecule has 72 valence electrons. The van der Waals surface area contributed by atoms with Gasteiger partial charge in [-0.05, 0) is 24.6 Å². The molecule has 0 unspecified atom stereocenters. The standard InChI is InChI=1S/C12H13NO/c1-2-3-7-14-10-12-6-4-5-11(8-12)9-13/h2-6,8H,7,10H2,1H3. The second-order valence-electron chi connectivity index (χ2n) is 2.90. The summed E-state index contributed by atoms with van der Waals surface area (Å²) in [6, 6.07) is 9.55. The van der Waals surface area contributed by atoms with Gasteiger partial charge in [-0.15, -0.1) is 0 Å². The zero-order valence-corrected chi connectivity index (χ0v) is 8.23. The minimum Gasteiger partial charge on any atom is -0.373 e. The second kappa shape index (κ2) is 5.95. The van der Waals surface area contributed by atoms with E-state index in [-0.39, 0.29) is 0 Å². The first-order chi connectivity index (χ1) is 6.86. The van der Waals surface area contributed by atoms with Crippen LogP contribution >= 0.6 is 0 Å². The van der Waals surface area contributed by atoms with E-state index in [0.29, 0.717) is 18.8 Å². The molecule has 0 radical (unpaired) electrons. The van der Waals surface area contributed by atoms with Crippen molar-refractivity contribution in [3.63, 3.8) is 0 Å². The molecule has 1 aromatic rings. The lowest BCUT2D eigenvalue weighted by Crippen LogP contribution is -1.92. The topological polar surface area (TPSA) is 33.0 Å². The molecule has 0 heterocycles. The Labute approximate surface area is 84.4 Å². The summed E-state index contributed by atoms with van der Waals surface area (Å²) in [7, 11) is 0. The van der Waals surface area contributed by atoms with E-state index in [2.05, 4.69) is 6.07 Å². The van der Waals surface area contributed by atoms with Gasteiger partial charge in [0.15, 0.2) is 0 Å². The molecule has 0 atom stereocenters. The summed E-state index contributed by atoms with van der Waals surface area (Å²) in [5, 5.41) is 8.67. The van der Waals surface area contributed by atoms with Crippen LogP contribution in [0.5, 0.6) is 0 Å². The van der Waals surface area contributed by atoms with Gasteiger partial charge in [-0.1, -0.05) is 24.3 Å². The Hall–Kier alpha value is -1.59. The van der Waals surface area contributed by atoms with Gasteiger partial charge in [-0.25, -0.2) is 0 Å². The average molecular weight is 187 g/mol. The quantitative estimate of drug-likeness (QED) is 0.536. The van der Waals surface area contributed by atoms with Crippen molar-refractivity contribution in [1.29, 1.82) is 5.26 Å². The highest BCUT2D eigenvalue weighted by Crippen LogP contribution is 2.05. The van der Waals surface area contributed by atoms with E-state index in [1.165, 1.54) is 0 Å². The van der Waals surface area contributed by atoms with Gasteiger partial charge < -0.3 is 4.74 Å². The third-order valence-corrected chi connectivity index (χ3v) is 1.77. The molecule has 1 rings (SSSR count). The predicted molar refractivity (Wildman–Crippen MR) is 55.6 cm³/mol. The number of hydrogen-bond donors (Lipinski definition) is 0. The van der Waals surface area contributed by atoms with Crippen LogP contribution in [-0.4, -0.2) is 6.61 Å². The molecule has 0 spiro atoms. The van der Waals surface area contributed by atoms with E-state index in [4.69, 9.17) is 10.00 Å². The molecular formula is C12H13NO. The van der Waals surface area contributed by atoms with Gasteiger partial charge in [0.2, 0.25) is 0 Å². The second-order valence-corrected chi connectivity index (χ2v) is 2.90. The van der Waals surface area contributed by atoms with Crippen LogP contribution in [0.25, 0.3) is 0 Å². The van der Waals surface area contributed by atoms with Gasteiger partial charge in [0.05, 0.1) is 24.8 Å². The van der Waals surface area contributed by atoms with Crippen LogP contribution in [0.3, 0.4) is 0 Å². The summed E-state index contributed by atoms with van der Waals surface area (Å²) >= 11 is 0. The van der Waals surface area contributed by atoms with Crippen molar-refractivity contribution in [1.82, 2.24) is 0 Å². The highest BCUT2D eigenvalue weighted by Gasteiger charge is 1.94. The molecule has 0 N–H and O–H groups in total. The fourth-order valence-corrected chi connectivity index (χ4v) is 1.07. The lowest BCUT2D eigenvalue weighted by atomic mass is 10.1. The Bertz CT molecular complexity index is 350. The van der Waals surface area contributed by atoms with Crippen LogP contribution in [0.4, 0.5) is 0 Å². The average Bonchev–Trinajstić information content (AvgIpc) is 2.25. The van der Waals surface area contributed by atoms with Gasteiger partial charge in [-0.3, -0.25) is 0 Å². The number of nitriles is 1. The smallest absolute Gasteiger partial charge is 0.0991 e. The van der Waals surface area contributed by atoms with Crippen LogP contribution in [-0.2, 0) is 11.3 Å². The molecule has 0 aliphatic carbocycles. The lowest BCUT2D eigenvalue weighted by Gasteiger charge is -2.01. The molecule has 2 nitrogen and oxygen atoms in total. The molecule has 0 fully saturated rings. The van der Waals surface area contributed by atoms with Gasteiger partial charge >= 0.3 is 0 Å². The maximum atomic E-state index is 8.67. The minimum absolute atomic E-state index is 0.555. The molecule has 0 aliphatic heterocycles. The van der Waals surface area contributed by atoms with Crippen molar-refractivity contribution in [2.45, 2.75) is 13.5 Å². The van der Waals surface area contributed by atoms with E-state index in [0.717, 1.165) is 5.56 Å². The van der Waals surface area contributed by atoms with Crippen molar-refractivity contribution in [3.8, 4) is 6.07 Å². The number of hydrogen-bond acceptors (Lipinski definition) is 2. The minimum atomic E-state index is 0.555. The Morgan fingerprint density at radius 1 is 1.50 bits per heavy atom. The molecule has 0 saturated heterocycles. The zero-order valence-electron chi connectivity index (χ0n) is 8.23. The number of rotatable bonds is 4. The number of benzene rings is 1. The fraction of sp³-hybridized carbons (Fsp3) is 0.250. The molecule has 2 heteroatoms. The van der Waals surface area contributed by atoms with Gasteiger partial charge in [0.25, 0.3) is 0 Å². The van der Waals surface area contributed by atoms with Gasteiger partial charge in [0.1, 0.15) is 0 Å². The highest BCUT2D eigenvalue weighted by molar-refractivity contribution is 5.32. The van der Waals surface area contributed by atoms with E-state index < -0.39 is 0 Å². The molecule has 0 saturated carbocycles. The first-order valence-corrected chi connectivity index (χ1v) is 4.54. The van der Waals surface area contributed by atoms with E-state index in [1.54, 1.807) is 6.07 Å². The van der Waals surface area contributed by atoms with Crippen molar-refractivity contribution >= 4 is 0 Å². The first kappa shape index (κ1) is 10.5. The summed E-state index contributed by atoms with van der Waals surface area (Å²) in [5.74, 6) is 0. The van der Waals surface area contributed by atoms with Crippen molar-refractivity contribution in [2.24, 2.45) is 0 Å². The third kappa shape index (κ3) is 3.42. The normalized spacial score (nSPS) is 10.3. The van der Waals surface area contributed by atoms with Crippen LogP contribution in [0, 0.1) is 11.3 Å². The summed E-state index contributed by atoms with van der Waals surface area (Å²) in [6.45, 7) is 3.13. The highest BCUT2D eigenvalue weighted by atomic mass is 16.5. The molecule has 0 aliphatic rings. The zero-order chi connectivity index (χ0) is 10.2. The summed E-state index contributed by atoms with van der Waals surface area (Å²) in [4.78, 5) is 0. The van der Waals surface area contributed by atoms with E-state index in [1.807, 2.05) is 37.3 Å². The number of ether oxygens (including phenoxy) is 1. The SMILES string of the molecule is CC=CCOCc1cccc(C#N)c1. The van der Waals surface area contributed by atoms with Crippen LogP contribution < -0.4 is 0 Å². The van der Waals surface area contributed by atoms with Crippen LogP contribution in [0.1, 0.15) is 18.1 Å². The Kier molecular flexibility index (Phi) is 4.46. The van der Waals surface area contributed by atoms with Gasteiger partial charge in [-0.2, -0.15) is 5.26 Å². The van der Waals surface area contributed by atoms with Crippen LogP contribution in [0.2, 0.25) is 0 Å². The maximum absolute atomic E-state index is 8.67. The Morgan fingerprint density at radius 3 is 3.07 bits per heavy atom. The van der Waals surface area contributed by atoms with Crippen molar-refractivity contribution < 1.29 is 4.74 Å². The monoisotopic (exact) mass is 187 g/mol. The Morgan fingerprint density at radius 2 is 2.36 bits per heavy atom. The first-order valence-electron chi connectivity index (χ1n) is 4.54. The van der Waals surface area contributed by atoms with Crippen molar-refractivity contribution in [3.05, 3.63) is 47.5 Å². The maximum Gasteiger partial charge on any atom is 0.0991 e. The molecular weight excluding hydrogens is 174 g/mol. The molecule has 0 amide bonds. The van der Waals surface area contributed by atoms with Crippen molar-refractivity contribution in [2.75, 3.05) is 6.61 Å². The molecule has 0 aromatic heterocycles.